The van der Waals surface area contributed by atoms with E-state index in [-0.39, 0.29) is 25.2 Å². The third-order valence-electron chi connectivity index (χ3n) is 1.86. The quantitative estimate of drug-likeness (QED) is 0.474. The molecule has 17 heavy (non-hydrogen) atoms. The van der Waals surface area contributed by atoms with Crippen LogP contribution in [-0.2, 0) is 14.3 Å². The third kappa shape index (κ3) is 9.39. The van der Waals surface area contributed by atoms with Crippen molar-refractivity contribution in [2.45, 2.75) is 27.7 Å². The van der Waals surface area contributed by atoms with Gasteiger partial charge in [0, 0.05) is 0 Å². The van der Waals surface area contributed by atoms with E-state index in [2.05, 4.69) is 27.7 Å². The summed E-state index contributed by atoms with van der Waals surface area (Å²) in [5.41, 5.74) is 0. The summed E-state index contributed by atoms with van der Waals surface area (Å²) in [7, 11) is 0. The molecule has 0 aliphatic carbocycles. The molecular weight excluding hydrogens is 242 g/mol. The summed E-state index contributed by atoms with van der Waals surface area (Å²) in [6.45, 7) is 9.95. The molecule has 0 aromatic heterocycles. The van der Waals surface area contributed by atoms with E-state index in [1.165, 1.54) is 4.90 Å². The van der Waals surface area contributed by atoms with Crippen LogP contribution in [0.1, 0.15) is 27.7 Å². The highest BCUT2D eigenvalue weighted by atomic mass is 35.5. The molecule has 0 aromatic rings. The van der Waals surface area contributed by atoms with Gasteiger partial charge in [0.25, 0.3) is 0 Å². The number of carbonyl (C=O) groups excluding carboxylic acids is 1. The molecule has 0 fully saturated rings. The van der Waals surface area contributed by atoms with E-state index in [1.807, 2.05) is 0 Å². The first-order valence-corrected chi connectivity index (χ1v) is 6.50. The van der Waals surface area contributed by atoms with Crippen molar-refractivity contribution in [2.75, 3.05) is 32.6 Å². The summed E-state index contributed by atoms with van der Waals surface area (Å²) < 4.78 is 10.8. The van der Waals surface area contributed by atoms with Crippen molar-refractivity contribution >= 4 is 17.5 Å². The number of ether oxygens (including phenoxy) is 2. The number of hydrogen-bond acceptors (Lipinski definition) is 3. The molecule has 0 saturated heterocycles. The van der Waals surface area contributed by atoms with Crippen molar-refractivity contribution in [3.63, 3.8) is 0 Å². The van der Waals surface area contributed by atoms with Crippen LogP contribution in [0.4, 0.5) is 0 Å². The summed E-state index contributed by atoms with van der Waals surface area (Å²) in [6.07, 6.45) is 0. The van der Waals surface area contributed by atoms with Crippen molar-refractivity contribution in [3.05, 3.63) is 0 Å². The van der Waals surface area contributed by atoms with Gasteiger partial charge < -0.3 is 9.47 Å². The van der Waals surface area contributed by atoms with E-state index in [0.29, 0.717) is 25.0 Å². The molecule has 4 nitrogen and oxygen atoms in total. The molecule has 0 bridgehead atoms. The zero-order valence-electron chi connectivity index (χ0n) is 11.2. The second-order valence-corrected chi connectivity index (χ2v) is 5.12. The normalized spacial score (nSPS) is 11.2. The Morgan fingerprint density at radius 1 is 1.06 bits per heavy atom. The predicted octanol–water partition coefficient (Wildman–Crippen LogP) is 2.31. The second kappa shape index (κ2) is 9.68. The van der Waals surface area contributed by atoms with Crippen molar-refractivity contribution in [3.8, 4) is 0 Å². The number of nitrogens with zero attached hydrogens (tertiary/aromatic N) is 1. The lowest BCUT2D eigenvalue weighted by atomic mass is 10.2. The molecule has 0 unspecified atom stereocenters. The Hall–Kier alpha value is -0.320. The Balaban J connectivity index is 3.93. The van der Waals surface area contributed by atoms with Gasteiger partial charge in [0.1, 0.15) is 19.3 Å². The molecule has 0 aromatic carbocycles. The summed E-state index contributed by atoms with van der Waals surface area (Å²) in [5, 5.41) is 0. The van der Waals surface area contributed by atoms with E-state index in [4.69, 9.17) is 21.1 Å². The lowest BCUT2D eigenvalue weighted by Gasteiger charge is -2.22. The average molecular weight is 266 g/mol. The number of hydrogen-bond donors (Lipinski definition) is 0. The highest BCUT2D eigenvalue weighted by molar-refractivity contribution is 6.27. The number of alkyl halides is 1. The molecule has 0 rings (SSSR count). The molecule has 0 aliphatic rings. The van der Waals surface area contributed by atoms with Gasteiger partial charge in [-0.3, -0.25) is 9.69 Å². The minimum Gasteiger partial charge on any atom is -0.361 e. The fraction of sp³-hybridized carbons (Fsp3) is 0.917. The Bertz CT molecular complexity index is 196. The molecule has 0 spiro atoms. The number of amides is 1. The number of carbonyl (C=O) groups is 1. The van der Waals surface area contributed by atoms with Crippen molar-refractivity contribution in [1.82, 2.24) is 4.90 Å². The van der Waals surface area contributed by atoms with E-state index < -0.39 is 0 Å². The van der Waals surface area contributed by atoms with Gasteiger partial charge in [-0.25, -0.2) is 0 Å². The summed E-state index contributed by atoms with van der Waals surface area (Å²) in [5.74, 6) is 0.675. The van der Waals surface area contributed by atoms with Gasteiger partial charge in [-0.05, 0) is 11.8 Å². The van der Waals surface area contributed by atoms with Crippen LogP contribution >= 0.6 is 11.6 Å². The van der Waals surface area contributed by atoms with Gasteiger partial charge in [-0.15, -0.1) is 11.6 Å². The maximum atomic E-state index is 11.5. The standard InChI is InChI=1S/C12H24ClNO3/c1-10(2)6-16-8-14(12(15)5-13)9-17-7-11(3)4/h10-11H,5-9H2,1-4H3. The lowest BCUT2D eigenvalue weighted by molar-refractivity contribution is -0.143. The van der Waals surface area contributed by atoms with Crippen LogP contribution in [0, 0.1) is 11.8 Å². The molecule has 0 aliphatic heterocycles. The molecule has 1 amide bonds. The fourth-order valence-electron chi connectivity index (χ4n) is 1.06. The second-order valence-electron chi connectivity index (χ2n) is 4.85. The molecule has 0 N–H and O–H groups in total. The average Bonchev–Trinajstić information content (AvgIpc) is 2.25. The first-order valence-electron chi connectivity index (χ1n) is 5.96. The Morgan fingerprint density at radius 3 is 1.76 bits per heavy atom. The van der Waals surface area contributed by atoms with Gasteiger partial charge in [0.2, 0.25) is 5.91 Å². The van der Waals surface area contributed by atoms with E-state index >= 15 is 0 Å². The molecule has 0 saturated carbocycles. The van der Waals surface area contributed by atoms with Gasteiger partial charge >= 0.3 is 0 Å². The molecule has 102 valence electrons. The highest BCUT2D eigenvalue weighted by Crippen LogP contribution is 2.00. The molecule has 5 heteroatoms. The molecule has 0 atom stereocenters. The van der Waals surface area contributed by atoms with Crippen LogP contribution in [0.2, 0.25) is 0 Å². The van der Waals surface area contributed by atoms with E-state index in [1.54, 1.807) is 0 Å². The largest absolute Gasteiger partial charge is 0.361 e. The Morgan fingerprint density at radius 2 is 1.47 bits per heavy atom. The Labute approximate surface area is 109 Å². The molecule has 0 radical (unpaired) electrons. The van der Waals surface area contributed by atoms with Gasteiger partial charge in [-0.1, -0.05) is 27.7 Å². The van der Waals surface area contributed by atoms with Crippen molar-refractivity contribution in [2.24, 2.45) is 11.8 Å². The highest BCUT2D eigenvalue weighted by Gasteiger charge is 2.12. The van der Waals surface area contributed by atoms with Crippen molar-refractivity contribution < 1.29 is 14.3 Å². The van der Waals surface area contributed by atoms with E-state index in [9.17, 15) is 4.79 Å². The predicted molar refractivity (Wildman–Crippen MR) is 68.9 cm³/mol. The lowest BCUT2D eigenvalue weighted by Crippen LogP contribution is -2.36. The first kappa shape index (κ1) is 16.7. The minimum absolute atomic E-state index is 0.0456. The number of halogens is 1. The fourth-order valence-corrected chi connectivity index (χ4v) is 1.23. The smallest absolute Gasteiger partial charge is 0.241 e. The maximum Gasteiger partial charge on any atom is 0.241 e. The molecule has 0 heterocycles. The van der Waals surface area contributed by atoms with Gasteiger partial charge in [-0.2, -0.15) is 0 Å². The van der Waals surface area contributed by atoms with Crippen molar-refractivity contribution in [1.29, 1.82) is 0 Å². The van der Waals surface area contributed by atoms with Crippen LogP contribution in [0.15, 0.2) is 0 Å². The van der Waals surface area contributed by atoms with Crippen LogP contribution in [0.3, 0.4) is 0 Å². The van der Waals surface area contributed by atoms with Gasteiger partial charge in [0.05, 0.1) is 13.2 Å². The summed E-state index contributed by atoms with van der Waals surface area (Å²) in [4.78, 5) is 13.0. The van der Waals surface area contributed by atoms with E-state index in [0.717, 1.165) is 0 Å². The van der Waals surface area contributed by atoms with Gasteiger partial charge in [0.15, 0.2) is 0 Å². The summed E-state index contributed by atoms with van der Waals surface area (Å²) in [6, 6.07) is 0. The van der Waals surface area contributed by atoms with Crippen LogP contribution < -0.4 is 0 Å². The van der Waals surface area contributed by atoms with Crippen LogP contribution in [-0.4, -0.2) is 43.4 Å². The third-order valence-corrected chi connectivity index (χ3v) is 2.09. The zero-order chi connectivity index (χ0) is 13.3. The van der Waals surface area contributed by atoms with Crippen LogP contribution in [0.25, 0.3) is 0 Å². The SMILES string of the molecule is CC(C)COCN(COCC(C)C)C(=O)CCl. The molecular formula is C12H24ClNO3. The minimum atomic E-state index is -0.167. The summed E-state index contributed by atoms with van der Waals surface area (Å²) >= 11 is 5.53. The monoisotopic (exact) mass is 265 g/mol. The maximum absolute atomic E-state index is 11.5. The first-order chi connectivity index (χ1) is 7.97. The number of rotatable bonds is 9. The van der Waals surface area contributed by atoms with Crippen LogP contribution in [0.5, 0.6) is 0 Å². The Kier molecular flexibility index (Phi) is 9.50. The topological polar surface area (TPSA) is 38.8 Å². The zero-order valence-corrected chi connectivity index (χ0v) is 12.0.